The van der Waals surface area contributed by atoms with Gasteiger partial charge in [0.2, 0.25) is 0 Å². The van der Waals surface area contributed by atoms with Crippen molar-refractivity contribution >= 4 is 0 Å². The van der Waals surface area contributed by atoms with Crippen molar-refractivity contribution in [3.05, 3.63) is 23.7 Å². The first-order chi connectivity index (χ1) is 9.83. The Hall–Kier alpha value is -0.800. The summed E-state index contributed by atoms with van der Waals surface area (Å²) < 4.78 is 11.1. The largest absolute Gasteiger partial charge is 0.462 e. The number of ether oxygens (including phenoxy) is 1. The first kappa shape index (κ1) is 15.6. The van der Waals surface area contributed by atoms with Gasteiger partial charge in [-0.3, -0.25) is 0 Å². The van der Waals surface area contributed by atoms with Crippen LogP contribution in [0.1, 0.15) is 69.4 Å². The molecule has 0 spiro atoms. The zero-order valence-electron chi connectivity index (χ0n) is 13.0. The minimum Gasteiger partial charge on any atom is -0.462 e. The Morgan fingerprint density at radius 2 is 2.10 bits per heavy atom. The number of hydrogen-bond acceptors (Lipinski definition) is 3. The summed E-state index contributed by atoms with van der Waals surface area (Å²) in [6.07, 6.45) is 9.36. The van der Waals surface area contributed by atoms with Gasteiger partial charge in [0, 0.05) is 7.11 Å². The third-order valence-electron chi connectivity index (χ3n) is 4.25. The van der Waals surface area contributed by atoms with E-state index >= 15 is 0 Å². The predicted molar refractivity (Wildman–Crippen MR) is 81.6 cm³/mol. The average molecular weight is 279 g/mol. The summed E-state index contributed by atoms with van der Waals surface area (Å²) in [6, 6.07) is 4.52. The van der Waals surface area contributed by atoms with E-state index in [1.165, 1.54) is 38.5 Å². The van der Waals surface area contributed by atoms with Crippen LogP contribution < -0.4 is 5.32 Å². The fraction of sp³-hybridized carbons (Fsp3) is 0.765. The van der Waals surface area contributed by atoms with Crippen LogP contribution in [-0.4, -0.2) is 13.7 Å². The topological polar surface area (TPSA) is 34.4 Å². The second-order valence-electron chi connectivity index (χ2n) is 5.98. The summed E-state index contributed by atoms with van der Waals surface area (Å²) in [6.45, 7) is 3.82. The highest BCUT2D eigenvalue weighted by Gasteiger charge is 2.22. The minimum atomic E-state index is 0.364. The zero-order valence-corrected chi connectivity index (χ0v) is 13.0. The molecule has 0 radical (unpaired) electrons. The Kier molecular flexibility index (Phi) is 6.61. The third-order valence-corrected chi connectivity index (χ3v) is 4.25. The molecule has 0 saturated heterocycles. The van der Waals surface area contributed by atoms with Gasteiger partial charge in [0.1, 0.15) is 18.1 Å². The quantitative estimate of drug-likeness (QED) is 0.764. The van der Waals surface area contributed by atoms with Crippen molar-refractivity contribution < 1.29 is 9.15 Å². The van der Waals surface area contributed by atoms with Crippen molar-refractivity contribution in [2.75, 3.05) is 13.7 Å². The van der Waals surface area contributed by atoms with Crippen LogP contribution in [0.4, 0.5) is 0 Å². The van der Waals surface area contributed by atoms with Gasteiger partial charge in [0.15, 0.2) is 0 Å². The molecule has 1 aliphatic rings. The molecule has 3 nitrogen and oxygen atoms in total. The molecule has 1 heterocycles. The van der Waals surface area contributed by atoms with Crippen LogP contribution in [0.25, 0.3) is 0 Å². The summed E-state index contributed by atoms with van der Waals surface area (Å²) in [5.41, 5.74) is 0. The summed E-state index contributed by atoms with van der Waals surface area (Å²) >= 11 is 0. The number of hydrogen-bond donors (Lipinski definition) is 1. The lowest BCUT2D eigenvalue weighted by atomic mass is 9.84. The summed E-state index contributed by atoms with van der Waals surface area (Å²) in [4.78, 5) is 0. The van der Waals surface area contributed by atoms with Gasteiger partial charge >= 0.3 is 0 Å². The van der Waals surface area contributed by atoms with E-state index in [2.05, 4.69) is 18.3 Å². The molecule has 0 aromatic carbocycles. The van der Waals surface area contributed by atoms with Gasteiger partial charge in [-0.05, 0) is 37.4 Å². The van der Waals surface area contributed by atoms with Crippen LogP contribution in [0.2, 0.25) is 0 Å². The SMILES string of the molecule is CCCNC(CC1CCCCC1)c1ccc(COC)o1. The van der Waals surface area contributed by atoms with E-state index in [0.717, 1.165) is 30.4 Å². The molecule has 0 bridgehead atoms. The first-order valence-corrected chi connectivity index (χ1v) is 8.14. The van der Waals surface area contributed by atoms with E-state index in [4.69, 9.17) is 9.15 Å². The summed E-state index contributed by atoms with van der Waals surface area (Å²) in [5.74, 6) is 2.86. The molecule has 1 atom stereocenters. The van der Waals surface area contributed by atoms with Gasteiger partial charge in [-0.2, -0.15) is 0 Å². The smallest absolute Gasteiger partial charge is 0.129 e. The van der Waals surface area contributed by atoms with Crippen LogP contribution in [0.5, 0.6) is 0 Å². The van der Waals surface area contributed by atoms with Gasteiger partial charge < -0.3 is 14.5 Å². The van der Waals surface area contributed by atoms with Crippen LogP contribution >= 0.6 is 0 Å². The van der Waals surface area contributed by atoms with Gasteiger partial charge in [0.05, 0.1) is 6.04 Å². The molecule has 1 aromatic rings. The molecule has 3 heteroatoms. The molecule has 0 amide bonds. The molecule has 114 valence electrons. The van der Waals surface area contributed by atoms with Crippen LogP contribution in [0, 0.1) is 5.92 Å². The molecule has 1 N–H and O–H groups in total. The van der Waals surface area contributed by atoms with Crippen molar-refractivity contribution in [3.8, 4) is 0 Å². The molecule has 0 aliphatic heterocycles. The third kappa shape index (κ3) is 4.64. The van der Waals surface area contributed by atoms with Crippen LogP contribution in [0.3, 0.4) is 0 Å². The maximum Gasteiger partial charge on any atom is 0.129 e. The summed E-state index contributed by atoms with van der Waals surface area (Å²) in [7, 11) is 1.71. The minimum absolute atomic E-state index is 0.364. The highest BCUT2D eigenvalue weighted by Crippen LogP contribution is 2.32. The van der Waals surface area contributed by atoms with Crippen molar-refractivity contribution in [2.24, 2.45) is 5.92 Å². The molecule has 1 fully saturated rings. The van der Waals surface area contributed by atoms with Crippen LogP contribution in [-0.2, 0) is 11.3 Å². The molecular formula is C17H29NO2. The van der Waals surface area contributed by atoms with Gasteiger partial charge in [0.25, 0.3) is 0 Å². The number of nitrogens with one attached hydrogen (secondary N) is 1. The molecule has 1 unspecified atom stereocenters. The lowest BCUT2D eigenvalue weighted by molar-refractivity contribution is 0.160. The second-order valence-corrected chi connectivity index (χ2v) is 5.98. The number of methoxy groups -OCH3 is 1. The predicted octanol–water partition coefficient (Wildman–Crippen LogP) is 4.44. The highest BCUT2D eigenvalue weighted by atomic mass is 16.5. The molecule has 1 aromatic heterocycles. The van der Waals surface area contributed by atoms with E-state index in [1.54, 1.807) is 7.11 Å². The van der Waals surface area contributed by atoms with Crippen molar-refractivity contribution in [1.29, 1.82) is 0 Å². The Morgan fingerprint density at radius 3 is 2.80 bits per heavy atom. The Balaban J connectivity index is 1.96. The van der Waals surface area contributed by atoms with Gasteiger partial charge in [-0.15, -0.1) is 0 Å². The lowest BCUT2D eigenvalue weighted by Crippen LogP contribution is -2.25. The van der Waals surface area contributed by atoms with Crippen molar-refractivity contribution in [2.45, 2.75) is 64.5 Å². The fourth-order valence-corrected chi connectivity index (χ4v) is 3.18. The molecule has 1 aliphatic carbocycles. The molecule has 2 rings (SSSR count). The van der Waals surface area contributed by atoms with E-state index in [9.17, 15) is 0 Å². The normalized spacial score (nSPS) is 18.3. The molecule has 20 heavy (non-hydrogen) atoms. The lowest BCUT2D eigenvalue weighted by Gasteiger charge is -2.26. The maximum atomic E-state index is 5.94. The molecule has 1 saturated carbocycles. The zero-order chi connectivity index (χ0) is 14.2. The van der Waals surface area contributed by atoms with Crippen molar-refractivity contribution in [1.82, 2.24) is 5.32 Å². The Morgan fingerprint density at radius 1 is 1.30 bits per heavy atom. The Labute approximate surface area is 123 Å². The molecular weight excluding hydrogens is 250 g/mol. The fourth-order valence-electron chi connectivity index (χ4n) is 3.18. The monoisotopic (exact) mass is 279 g/mol. The van der Waals surface area contributed by atoms with Crippen molar-refractivity contribution in [3.63, 3.8) is 0 Å². The van der Waals surface area contributed by atoms with Gasteiger partial charge in [-0.25, -0.2) is 0 Å². The Bertz CT molecular complexity index is 369. The van der Waals surface area contributed by atoms with E-state index in [0.29, 0.717) is 12.6 Å². The second kappa shape index (κ2) is 8.48. The number of rotatable bonds is 8. The summed E-state index contributed by atoms with van der Waals surface area (Å²) in [5, 5.41) is 3.65. The van der Waals surface area contributed by atoms with Gasteiger partial charge in [-0.1, -0.05) is 39.0 Å². The first-order valence-electron chi connectivity index (χ1n) is 8.14. The van der Waals surface area contributed by atoms with E-state index in [1.807, 2.05) is 6.07 Å². The average Bonchev–Trinajstić information content (AvgIpc) is 2.93. The highest BCUT2D eigenvalue weighted by molar-refractivity contribution is 5.10. The number of furan rings is 1. The maximum absolute atomic E-state index is 5.94. The van der Waals surface area contributed by atoms with Crippen LogP contribution in [0.15, 0.2) is 16.5 Å². The van der Waals surface area contributed by atoms with E-state index < -0.39 is 0 Å². The van der Waals surface area contributed by atoms with E-state index in [-0.39, 0.29) is 0 Å². The standard InChI is InChI=1S/C17H29NO2/c1-3-11-18-16(12-14-7-5-4-6-8-14)17-10-9-15(20-17)13-19-2/h9-10,14,16,18H,3-8,11-13H2,1-2H3.